The summed E-state index contributed by atoms with van der Waals surface area (Å²) in [6, 6.07) is 17.3. The quantitative estimate of drug-likeness (QED) is 0.300. The second-order valence-corrected chi connectivity index (χ2v) is 5.99. The summed E-state index contributed by atoms with van der Waals surface area (Å²) >= 11 is 0. The van der Waals surface area contributed by atoms with Gasteiger partial charge in [0.05, 0.1) is 16.8 Å². The molecule has 0 unspecified atom stereocenters. The highest BCUT2D eigenvalue weighted by Crippen LogP contribution is 2.21. The highest BCUT2D eigenvalue weighted by Gasteiger charge is 2.17. The molecule has 2 heterocycles. The molecule has 28 heavy (non-hydrogen) atoms. The fourth-order valence-corrected chi connectivity index (χ4v) is 2.80. The average molecular weight is 374 g/mol. The highest BCUT2D eigenvalue weighted by molar-refractivity contribution is 5.95. The van der Waals surface area contributed by atoms with Crippen LogP contribution in [0.15, 0.2) is 73.1 Å². The molecule has 0 N–H and O–H groups in total. The molecule has 8 nitrogen and oxygen atoms in total. The fourth-order valence-electron chi connectivity index (χ4n) is 2.80. The van der Waals surface area contributed by atoms with Crippen molar-refractivity contribution in [3.05, 3.63) is 94.3 Å². The van der Waals surface area contributed by atoms with Gasteiger partial charge in [0.25, 0.3) is 5.69 Å². The molecule has 138 valence electrons. The molecule has 0 bridgehead atoms. The normalized spacial score (nSPS) is 10.7. The van der Waals surface area contributed by atoms with Crippen LogP contribution in [0.1, 0.15) is 15.9 Å². The van der Waals surface area contributed by atoms with Gasteiger partial charge in [-0.05, 0) is 23.8 Å². The predicted octanol–water partition coefficient (Wildman–Crippen LogP) is 3.66. The summed E-state index contributed by atoms with van der Waals surface area (Å²) in [6.45, 7) is -0.00740. The Morgan fingerprint density at radius 2 is 1.82 bits per heavy atom. The van der Waals surface area contributed by atoms with Crippen molar-refractivity contribution in [1.29, 1.82) is 0 Å². The Labute approximate surface area is 159 Å². The Morgan fingerprint density at radius 3 is 2.54 bits per heavy atom. The van der Waals surface area contributed by atoms with E-state index in [2.05, 4.69) is 10.1 Å². The number of nitro groups is 1. The molecule has 2 aromatic heterocycles. The zero-order chi connectivity index (χ0) is 19.5. The first-order valence-electron chi connectivity index (χ1n) is 8.42. The number of nitrogens with zero attached hydrogens (tertiary/aromatic N) is 4. The minimum Gasteiger partial charge on any atom is -0.457 e. The molecule has 8 heteroatoms. The summed E-state index contributed by atoms with van der Waals surface area (Å²) in [5, 5.41) is 15.0. The third-order valence-electron chi connectivity index (χ3n) is 4.21. The van der Waals surface area contributed by atoms with Gasteiger partial charge in [0.2, 0.25) is 0 Å². The van der Waals surface area contributed by atoms with Gasteiger partial charge in [0, 0.05) is 23.9 Å². The van der Waals surface area contributed by atoms with Crippen LogP contribution in [0.5, 0.6) is 0 Å². The topological polar surface area (TPSA) is 99.6 Å². The number of ether oxygens (including phenoxy) is 1. The third kappa shape index (κ3) is 3.30. The number of carbonyl (C=O) groups excluding carboxylic acids is 1. The van der Waals surface area contributed by atoms with Gasteiger partial charge in [-0.3, -0.25) is 10.1 Å². The summed E-state index contributed by atoms with van der Waals surface area (Å²) in [7, 11) is 0. The van der Waals surface area contributed by atoms with Crippen LogP contribution in [-0.4, -0.2) is 25.5 Å². The minimum atomic E-state index is -0.564. The molecule has 0 amide bonds. The number of fused-ring (bicyclic) bond motifs is 1. The lowest BCUT2D eigenvalue weighted by Gasteiger charge is -2.06. The number of hydrogen-bond acceptors (Lipinski definition) is 6. The maximum atomic E-state index is 12.5. The SMILES string of the molecule is O=C(OCc1ccc([N+](=O)[O-])cc1)c1cnn2c(-c3ccccc3)ccnc12. The molecule has 0 aliphatic carbocycles. The van der Waals surface area contributed by atoms with E-state index in [4.69, 9.17) is 4.74 Å². The van der Waals surface area contributed by atoms with Crippen LogP contribution in [0.4, 0.5) is 5.69 Å². The van der Waals surface area contributed by atoms with Crippen LogP contribution in [0.2, 0.25) is 0 Å². The van der Waals surface area contributed by atoms with Crippen LogP contribution in [0.25, 0.3) is 16.9 Å². The number of esters is 1. The van der Waals surface area contributed by atoms with Crippen LogP contribution < -0.4 is 0 Å². The van der Waals surface area contributed by atoms with Crippen molar-refractivity contribution in [2.75, 3.05) is 0 Å². The van der Waals surface area contributed by atoms with Crippen molar-refractivity contribution < 1.29 is 14.5 Å². The fraction of sp³-hybridized carbons (Fsp3) is 0.0500. The molecule has 0 aliphatic heterocycles. The number of aromatic nitrogens is 3. The van der Waals surface area contributed by atoms with E-state index in [1.807, 2.05) is 36.4 Å². The molecule has 0 radical (unpaired) electrons. The lowest BCUT2D eigenvalue weighted by Crippen LogP contribution is -2.06. The first-order chi connectivity index (χ1) is 13.6. The Balaban J connectivity index is 1.56. The molecule has 0 fully saturated rings. The van der Waals surface area contributed by atoms with E-state index in [9.17, 15) is 14.9 Å². The second kappa shape index (κ2) is 7.28. The third-order valence-corrected chi connectivity index (χ3v) is 4.21. The molecule has 0 spiro atoms. The zero-order valence-electron chi connectivity index (χ0n) is 14.6. The Morgan fingerprint density at radius 1 is 1.07 bits per heavy atom. The number of non-ortho nitro benzene ring substituents is 1. The van der Waals surface area contributed by atoms with E-state index >= 15 is 0 Å². The van der Waals surface area contributed by atoms with E-state index in [0.29, 0.717) is 11.2 Å². The molecule has 4 aromatic rings. The molecular formula is C20H14N4O4. The number of rotatable bonds is 5. The molecule has 2 aromatic carbocycles. The molecule has 0 saturated carbocycles. The maximum Gasteiger partial charge on any atom is 0.343 e. The smallest absolute Gasteiger partial charge is 0.343 e. The van der Waals surface area contributed by atoms with Gasteiger partial charge in [-0.25, -0.2) is 14.3 Å². The van der Waals surface area contributed by atoms with E-state index < -0.39 is 10.9 Å². The van der Waals surface area contributed by atoms with E-state index in [1.54, 1.807) is 22.8 Å². The van der Waals surface area contributed by atoms with Gasteiger partial charge < -0.3 is 4.74 Å². The Hall–Kier alpha value is -4.07. The van der Waals surface area contributed by atoms with Crippen molar-refractivity contribution in [2.24, 2.45) is 0 Å². The lowest BCUT2D eigenvalue weighted by atomic mass is 10.1. The van der Waals surface area contributed by atoms with Gasteiger partial charge in [-0.1, -0.05) is 30.3 Å². The van der Waals surface area contributed by atoms with Crippen LogP contribution in [-0.2, 0) is 11.3 Å². The van der Waals surface area contributed by atoms with Gasteiger partial charge >= 0.3 is 5.97 Å². The van der Waals surface area contributed by atoms with Crippen molar-refractivity contribution in [1.82, 2.24) is 14.6 Å². The standard InChI is InChI=1S/C20H14N4O4/c25-20(28-13-14-6-8-16(9-7-14)24(26)27)17-12-22-23-18(10-11-21-19(17)23)15-4-2-1-3-5-15/h1-12H,13H2. The second-order valence-electron chi connectivity index (χ2n) is 5.99. The number of carbonyl (C=O) groups is 1. The zero-order valence-corrected chi connectivity index (χ0v) is 14.6. The van der Waals surface area contributed by atoms with Gasteiger partial charge in [-0.2, -0.15) is 5.10 Å². The summed E-state index contributed by atoms with van der Waals surface area (Å²) in [4.78, 5) is 27.0. The van der Waals surface area contributed by atoms with Crippen molar-refractivity contribution >= 4 is 17.3 Å². The maximum absolute atomic E-state index is 12.5. The van der Waals surface area contributed by atoms with Crippen molar-refractivity contribution in [3.8, 4) is 11.3 Å². The summed E-state index contributed by atoms with van der Waals surface area (Å²) in [6.07, 6.45) is 3.04. The summed E-state index contributed by atoms with van der Waals surface area (Å²) < 4.78 is 6.92. The van der Waals surface area contributed by atoms with Crippen LogP contribution in [0.3, 0.4) is 0 Å². The highest BCUT2D eigenvalue weighted by atomic mass is 16.6. The molecule has 0 saturated heterocycles. The average Bonchev–Trinajstić information content (AvgIpc) is 3.17. The van der Waals surface area contributed by atoms with Crippen molar-refractivity contribution in [3.63, 3.8) is 0 Å². The molecule has 4 rings (SSSR count). The van der Waals surface area contributed by atoms with E-state index in [1.165, 1.54) is 18.3 Å². The van der Waals surface area contributed by atoms with Gasteiger partial charge in [0.15, 0.2) is 5.65 Å². The lowest BCUT2D eigenvalue weighted by molar-refractivity contribution is -0.384. The van der Waals surface area contributed by atoms with Gasteiger partial charge in [-0.15, -0.1) is 0 Å². The van der Waals surface area contributed by atoms with Crippen molar-refractivity contribution in [2.45, 2.75) is 6.61 Å². The largest absolute Gasteiger partial charge is 0.457 e. The van der Waals surface area contributed by atoms with Gasteiger partial charge in [0.1, 0.15) is 12.2 Å². The van der Waals surface area contributed by atoms with E-state index in [-0.39, 0.29) is 17.9 Å². The number of benzene rings is 2. The Kier molecular flexibility index (Phi) is 4.51. The molecule has 0 atom stereocenters. The molecular weight excluding hydrogens is 360 g/mol. The predicted molar refractivity (Wildman–Crippen MR) is 101 cm³/mol. The number of nitro benzene ring substituents is 1. The summed E-state index contributed by atoms with van der Waals surface area (Å²) in [5.41, 5.74) is 3.03. The number of hydrogen-bond donors (Lipinski definition) is 0. The first-order valence-corrected chi connectivity index (χ1v) is 8.42. The summed E-state index contributed by atoms with van der Waals surface area (Å²) in [5.74, 6) is -0.564. The minimum absolute atomic E-state index is 0.00740. The van der Waals surface area contributed by atoms with Crippen LogP contribution >= 0.6 is 0 Å². The first kappa shape index (κ1) is 17.3. The molecule has 0 aliphatic rings. The van der Waals surface area contributed by atoms with Crippen LogP contribution in [0, 0.1) is 10.1 Å². The monoisotopic (exact) mass is 374 g/mol. The van der Waals surface area contributed by atoms with E-state index in [0.717, 1.165) is 11.3 Å². The Bertz CT molecular complexity index is 1150.